The van der Waals surface area contributed by atoms with Crippen LogP contribution in [0.2, 0.25) is 0 Å². The zero-order valence-electron chi connectivity index (χ0n) is 11.7. The van der Waals surface area contributed by atoms with Crippen molar-refractivity contribution in [3.63, 3.8) is 0 Å². The van der Waals surface area contributed by atoms with E-state index in [1.165, 1.54) is 6.07 Å². The average molecular weight is 270 g/mol. The van der Waals surface area contributed by atoms with E-state index in [1.807, 2.05) is 31.2 Å². The Morgan fingerprint density at radius 1 is 1.15 bits per heavy atom. The predicted octanol–water partition coefficient (Wildman–Crippen LogP) is 3.78. The molecule has 0 aliphatic rings. The Kier molecular flexibility index (Phi) is 4.41. The zero-order chi connectivity index (χ0) is 14.5. The fourth-order valence-corrected chi connectivity index (χ4v) is 2.15. The largest absolute Gasteiger partial charge is 0.507 e. The van der Waals surface area contributed by atoms with Gasteiger partial charge in [0, 0.05) is 6.42 Å². The molecule has 2 aromatic rings. The van der Waals surface area contributed by atoms with Crippen LogP contribution in [0.3, 0.4) is 0 Å². The molecule has 104 valence electrons. The highest BCUT2D eigenvalue weighted by atomic mass is 16.5. The maximum atomic E-state index is 12.2. The topological polar surface area (TPSA) is 46.5 Å². The fourth-order valence-electron chi connectivity index (χ4n) is 2.15. The number of methoxy groups -OCH3 is 1. The van der Waals surface area contributed by atoms with Gasteiger partial charge in [0.15, 0.2) is 5.78 Å². The first-order valence-electron chi connectivity index (χ1n) is 6.57. The molecule has 0 fully saturated rings. The van der Waals surface area contributed by atoms with Crippen LogP contribution >= 0.6 is 0 Å². The van der Waals surface area contributed by atoms with Crippen LogP contribution in [0.25, 0.3) is 0 Å². The standard InChI is InChI=1S/C17H18O3/c1-12(13-7-9-14(20-2)10-8-13)11-17(19)15-5-3-4-6-16(15)18/h3-10,12,18H,11H2,1-2H3. The number of benzene rings is 2. The summed E-state index contributed by atoms with van der Waals surface area (Å²) >= 11 is 0. The minimum Gasteiger partial charge on any atom is -0.507 e. The van der Waals surface area contributed by atoms with E-state index in [-0.39, 0.29) is 17.5 Å². The summed E-state index contributed by atoms with van der Waals surface area (Å²) in [6.45, 7) is 2.00. The van der Waals surface area contributed by atoms with Crippen LogP contribution in [0, 0.1) is 0 Å². The third-order valence-corrected chi connectivity index (χ3v) is 3.38. The molecule has 0 aromatic heterocycles. The molecule has 0 saturated heterocycles. The minimum atomic E-state index is -0.0496. The van der Waals surface area contributed by atoms with Gasteiger partial charge in [-0.1, -0.05) is 31.2 Å². The van der Waals surface area contributed by atoms with Crippen molar-refractivity contribution in [2.75, 3.05) is 7.11 Å². The lowest BCUT2D eigenvalue weighted by Gasteiger charge is -2.12. The van der Waals surface area contributed by atoms with E-state index < -0.39 is 0 Å². The Morgan fingerprint density at radius 2 is 1.80 bits per heavy atom. The maximum absolute atomic E-state index is 12.2. The number of phenols is 1. The molecule has 0 spiro atoms. The zero-order valence-corrected chi connectivity index (χ0v) is 11.7. The van der Waals surface area contributed by atoms with E-state index in [0.717, 1.165) is 11.3 Å². The molecule has 0 radical (unpaired) electrons. The lowest BCUT2D eigenvalue weighted by Crippen LogP contribution is -2.05. The third kappa shape index (κ3) is 3.18. The molecule has 3 nitrogen and oxygen atoms in total. The van der Waals surface area contributed by atoms with Crippen LogP contribution in [0.5, 0.6) is 11.5 Å². The number of hydrogen-bond donors (Lipinski definition) is 1. The number of aromatic hydroxyl groups is 1. The summed E-state index contributed by atoms with van der Waals surface area (Å²) < 4.78 is 5.12. The molecule has 1 unspecified atom stereocenters. The van der Waals surface area contributed by atoms with Crippen molar-refractivity contribution < 1.29 is 14.6 Å². The number of carbonyl (C=O) groups is 1. The molecule has 0 heterocycles. The number of ether oxygens (including phenoxy) is 1. The molecule has 0 amide bonds. The van der Waals surface area contributed by atoms with Crippen molar-refractivity contribution in [2.24, 2.45) is 0 Å². The predicted molar refractivity (Wildman–Crippen MR) is 78.5 cm³/mol. The van der Waals surface area contributed by atoms with E-state index in [1.54, 1.807) is 25.3 Å². The van der Waals surface area contributed by atoms with Crippen molar-refractivity contribution in [3.8, 4) is 11.5 Å². The first-order chi connectivity index (χ1) is 9.61. The normalized spacial score (nSPS) is 11.9. The van der Waals surface area contributed by atoms with E-state index in [0.29, 0.717) is 12.0 Å². The molecule has 1 atom stereocenters. The summed E-state index contributed by atoms with van der Waals surface area (Å²) in [5, 5.41) is 9.70. The van der Waals surface area contributed by atoms with Crippen LogP contribution in [0.1, 0.15) is 35.2 Å². The molecule has 20 heavy (non-hydrogen) atoms. The first kappa shape index (κ1) is 14.1. The highest BCUT2D eigenvalue weighted by molar-refractivity contribution is 5.98. The van der Waals surface area contributed by atoms with Gasteiger partial charge in [0.05, 0.1) is 12.7 Å². The summed E-state index contributed by atoms with van der Waals surface area (Å²) in [7, 11) is 1.63. The minimum absolute atomic E-state index is 0.0411. The lowest BCUT2D eigenvalue weighted by molar-refractivity contribution is 0.0973. The van der Waals surface area contributed by atoms with Gasteiger partial charge in [-0.25, -0.2) is 0 Å². The smallest absolute Gasteiger partial charge is 0.167 e. The summed E-state index contributed by atoms with van der Waals surface area (Å²) in [6, 6.07) is 14.3. The van der Waals surface area contributed by atoms with Crippen LogP contribution < -0.4 is 4.74 Å². The quantitative estimate of drug-likeness (QED) is 0.841. The van der Waals surface area contributed by atoms with E-state index in [9.17, 15) is 9.90 Å². The molecule has 2 aromatic carbocycles. The van der Waals surface area contributed by atoms with Gasteiger partial charge < -0.3 is 9.84 Å². The van der Waals surface area contributed by atoms with Crippen LogP contribution in [-0.4, -0.2) is 18.0 Å². The van der Waals surface area contributed by atoms with Crippen molar-refractivity contribution in [1.82, 2.24) is 0 Å². The van der Waals surface area contributed by atoms with Gasteiger partial charge in [-0.2, -0.15) is 0 Å². The summed E-state index contributed by atoms with van der Waals surface area (Å²) in [5.74, 6) is 0.881. The van der Waals surface area contributed by atoms with Gasteiger partial charge >= 0.3 is 0 Å². The van der Waals surface area contributed by atoms with Crippen molar-refractivity contribution >= 4 is 5.78 Å². The van der Waals surface area contributed by atoms with Crippen LogP contribution in [0.4, 0.5) is 0 Å². The van der Waals surface area contributed by atoms with Gasteiger partial charge in [0.25, 0.3) is 0 Å². The number of Topliss-reactive ketones (excluding diaryl/α,β-unsaturated/α-hetero) is 1. The van der Waals surface area contributed by atoms with E-state index in [2.05, 4.69) is 0 Å². The number of carbonyl (C=O) groups excluding carboxylic acids is 1. The number of hydrogen-bond acceptors (Lipinski definition) is 3. The second kappa shape index (κ2) is 6.24. The molecule has 0 aliphatic heterocycles. The van der Waals surface area contributed by atoms with Gasteiger partial charge in [-0.15, -0.1) is 0 Å². The number of ketones is 1. The highest BCUT2D eigenvalue weighted by Gasteiger charge is 2.15. The van der Waals surface area contributed by atoms with Gasteiger partial charge in [-0.05, 0) is 35.7 Å². The van der Waals surface area contributed by atoms with Gasteiger partial charge in [-0.3, -0.25) is 4.79 Å². The van der Waals surface area contributed by atoms with Crippen molar-refractivity contribution in [3.05, 3.63) is 59.7 Å². The number of phenolic OH excluding ortho intramolecular Hbond substituents is 1. The fraction of sp³-hybridized carbons (Fsp3) is 0.235. The summed E-state index contributed by atoms with van der Waals surface area (Å²) in [4.78, 5) is 12.2. The number of rotatable bonds is 5. The van der Waals surface area contributed by atoms with Gasteiger partial charge in [0.2, 0.25) is 0 Å². The molecular formula is C17H18O3. The molecule has 3 heteroatoms. The Balaban J connectivity index is 2.09. The molecule has 0 saturated carbocycles. The van der Waals surface area contributed by atoms with Gasteiger partial charge in [0.1, 0.15) is 11.5 Å². The highest BCUT2D eigenvalue weighted by Crippen LogP contribution is 2.25. The molecule has 0 aliphatic carbocycles. The van der Waals surface area contributed by atoms with Crippen LogP contribution in [0.15, 0.2) is 48.5 Å². The first-order valence-corrected chi connectivity index (χ1v) is 6.57. The Labute approximate surface area is 118 Å². The Morgan fingerprint density at radius 3 is 2.40 bits per heavy atom. The number of para-hydroxylation sites is 1. The van der Waals surface area contributed by atoms with Crippen molar-refractivity contribution in [2.45, 2.75) is 19.3 Å². The van der Waals surface area contributed by atoms with E-state index >= 15 is 0 Å². The maximum Gasteiger partial charge on any atom is 0.167 e. The summed E-state index contributed by atoms with van der Waals surface area (Å²) in [6.07, 6.45) is 0.365. The summed E-state index contributed by atoms with van der Waals surface area (Å²) in [5.41, 5.74) is 1.46. The average Bonchev–Trinajstić information content (AvgIpc) is 2.47. The third-order valence-electron chi connectivity index (χ3n) is 3.38. The molecule has 2 rings (SSSR count). The Hall–Kier alpha value is -2.29. The van der Waals surface area contributed by atoms with Crippen LogP contribution in [-0.2, 0) is 0 Å². The molecule has 1 N–H and O–H groups in total. The second-order valence-electron chi connectivity index (χ2n) is 4.82. The molecular weight excluding hydrogens is 252 g/mol. The Bertz CT molecular complexity index is 587. The van der Waals surface area contributed by atoms with E-state index in [4.69, 9.17) is 4.74 Å². The van der Waals surface area contributed by atoms with Crippen molar-refractivity contribution in [1.29, 1.82) is 0 Å². The SMILES string of the molecule is COc1ccc(C(C)CC(=O)c2ccccc2O)cc1. The monoisotopic (exact) mass is 270 g/mol. The molecule has 0 bridgehead atoms. The second-order valence-corrected chi connectivity index (χ2v) is 4.82. The lowest BCUT2D eigenvalue weighted by atomic mass is 9.93.